The van der Waals surface area contributed by atoms with Crippen LogP contribution in [0.3, 0.4) is 0 Å². The predicted molar refractivity (Wildman–Crippen MR) is 128 cm³/mol. The van der Waals surface area contributed by atoms with Crippen molar-refractivity contribution in [2.75, 3.05) is 19.0 Å². The normalized spacial score (nSPS) is 12.7. The summed E-state index contributed by atoms with van der Waals surface area (Å²) < 4.78 is 26.7. The molecule has 34 heavy (non-hydrogen) atoms. The lowest BCUT2D eigenvalue weighted by Gasteiger charge is -2.19. The molecule has 0 fully saturated rings. The van der Waals surface area contributed by atoms with Crippen molar-refractivity contribution in [1.29, 1.82) is 0 Å². The number of anilines is 1. The summed E-state index contributed by atoms with van der Waals surface area (Å²) in [6.45, 7) is 5.58. The zero-order chi connectivity index (χ0) is 24.7. The van der Waals surface area contributed by atoms with Crippen LogP contribution in [0.1, 0.15) is 43.0 Å². The van der Waals surface area contributed by atoms with Crippen LogP contribution < -0.4 is 10.1 Å². The number of methoxy groups -OCH3 is 1. The van der Waals surface area contributed by atoms with Crippen LogP contribution in [0, 0.1) is 5.82 Å². The molecule has 1 aromatic heterocycles. The number of ketones is 1. The van der Waals surface area contributed by atoms with Crippen molar-refractivity contribution in [3.05, 3.63) is 65.7 Å². The number of halogens is 1. The van der Waals surface area contributed by atoms with Gasteiger partial charge < -0.3 is 14.8 Å². The first-order valence-electron chi connectivity index (χ1n) is 10.7. The van der Waals surface area contributed by atoms with Crippen molar-refractivity contribution in [3.63, 3.8) is 0 Å². The van der Waals surface area contributed by atoms with Gasteiger partial charge in [-0.25, -0.2) is 4.39 Å². The number of amides is 1. The summed E-state index contributed by atoms with van der Waals surface area (Å²) >= 11 is 1.24. The number of aromatic nitrogens is 3. The fraction of sp³-hybridized carbons (Fsp3) is 0.333. The SMILES string of the molecule is COC[C@@H](C)n1c(COc2ccccc2F)nnc1S[C@@H](C)C(=O)Nc1ccc(C(C)=O)cc1. The highest BCUT2D eigenvalue weighted by Gasteiger charge is 2.23. The molecule has 3 aromatic rings. The summed E-state index contributed by atoms with van der Waals surface area (Å²) in [7, 11) is 1.59. The summed E-state index contributed by atoms with van der Waals surface area (Å²) in [4.78, 5) is 24.2. The number of nitrogens with zero attached hydrogens (tertiary/aromatic N) is 3. The Labute approximate surface area is 201 Å². The van der Waals surface area contributed by atoms with E-state index >= 15 is 0 Å². The largest absolute Gasteiger partial charge is 0.483 e. The van der Waals surface area contributed by atoms with Crippen LogP contribution in [0.2, 0.25) is 0 Å². The minimum Gasteiger partial charge on any atom is -0.483 e. The Hall–Kier alpha value is -3.24. The Bertz CT molecular complexity index is 1140. The van der Waals surface area contributed by atoms with Crippen LogP contribution in [-0.2, 0) is 16.1 Å². The van der Waals surface area contributed by atoms with Crippen molar-refractivity contribution >= 4 is 29.1 Å². The fourth-order valence-electron chi connectivity index (χ4n) is 3.19. The fourth-order valence-corrected chi connectivity index (χ4v) is 4.16. The van der Waals surface area contributed by atoms with E-state index in [2.05, 4.69) is 15.5 Å². The highest BCUT2D eigenvalue weighted by Crippen LogP contribution is 2.27. The molecule has 0 spiro atoms. The summed E-state index contributed by atoms with van der Waals surface area (Å²) in [5.74, 6) is -0.119. The van der Waals surface area contributed by atoms with Crippen LogP contribution >= 0.6 is 11.8 Å². The molecule has 0 saturated heterocycles. The maximum absolute atomic E-state index is 13.9. The second kappa shape index (κ2) is 11.8. The van der Waals surface area contributed by atoms with Crippen LogP contribution in [0.5, 0.6) is 5.75 Å². The van der Waals surface area contributed by atoms with Crippen LogP contribution in [-0.4, -0.2) is 45.4 Å². The Morgan fingerprint density at radius 3 is 2.47 bits per heavy atom. The maximum atomic E-state index is 13.9. The number of rotatable bonds is 11. The Morgan fingerprint density at radius 1 is 1.12 bits per heavy atom. The zero-order valence-electron chi connectivity index (χ0n) is 19.4. The lowest BCUT2D eigenvalue weighted by Crippen LogP contribution is -2.24. The molecule has 1 heterocycles. The molecule has 10 heteroatoms. The molecule has 0 aliphatic rings. The van der Waals surface area contributed by atoms with E-state index in [1.165, 1.54) is 24.8 Å². The van der Waals surface area contributed by atoms with Crippen molar-refractivity contribution in [2.45, 2.75) is 43.8 Å². The summed E-state index contributed by atoms with van der Waals surface area (Å²) in [5, 5.41) is 11.3. The molecule has 0 aliphatic carbocycles. The highest BCUT2D eigenvalue weighted by molar-refractivity contribution is 8.00. The number of thioether (sulfide) groups is 1. The molecule has 1 N–H and O–H groups in total. The second-order valence-corrected chi connectivity index (χ2v) is 8.98. The topological polar surface area (TPSA) is 95.3 Å². The number of hydrogen-bond donors (Lipinski definition) is 1. The molecule has 0 unspecified atom stereocenters. The quantitative estimate of drug-likeness (QED) is 0.314. The molecule has 3 rings (SSSR count). The van der Waals surface area contributed by atoms with E-state index in [0.29, 0.717) is 28.8 Å². The lowest BCUT2D eigenvalue weighted by atomic mass is 10.1. The number of Topliss-reactive ketones (excluding diaryl/α,β-unsaturated/α-hetero) is 1. The van der Waals surface area contributed by atoms with Gasteiger partial charge in [-0.2, -0.15) is 0 Å². The number of nitrogens with one attached hydrogen (secondary N) is 1. The highest BCUT2D eigenvalue weighted by atomic mass is 32.2. The third-order valence-corrected chi connectivity index (χ3v) is 6.04. The van der Waals surface area contributed by atoms with E-state index in [9.17, 15) is 14.0 Å². The molecule has 0 radical (unpaired) electrons. The lowest BCUT2D eigenvalue weighted by molar-refractivity contribution is -0.115. The first-order valence-corrected chi connectivity index (χ1v) is 11.6. The van der Waals surface area contributed by atoms with Gasteiger partial charge in [-0.15, -0.1) is 10.2 Å². The average Bonchev–Trinajstić information content (AvgIpc) is 3.21. The van der Waals surface area contributed by atoms with Gasteiger partial charge in [0.05, 0.1) is 17.9 Å². The number of carbonyl (C=O) groups is 2. The maximum Gasteiger partial charge on any atom is 0.237 e. The van der Waals surface area contributed by atoms with E-state index in [1.807, 2.05) is 11.5 Å². The van der Waals surface area contributed by atoms with E-state index < -0.39 is 11.1 Å². The van der Waals surface area contributed by atoms with Gasteiger partial charge in [0.1, 0.15) is 6.61 Å². The third kappa shape index (κ3) is 6.42. The van der Waals surface area contributed by atoms with Crippen molar-refractivity contribution in [2.24, 2.45) is 0 Å². The molecule has 2 aromatic carbocycles. The van der Waals surface area contributed by atoms with Crippen molar-refractivity contribution in [3.8, 4) is 5.75 Å². The minimum atomic E-state index is -0.495. The van der Waals surface area contributed by atoms with Gasteiger partial charge in [0, 0.05) is 18.4 Å². The molecule has 0 aliphatic heterocycles. The number of hydrogen-bond acceptors (Lipinski definition) is 7. The second-order valence-electron chi connectivity index (χ2n) is 7.68. The van der Waals surface area contributed by atoms with Gasteiger partial charge in [-0.1, -0.05) is 23.9 Å². The van der Waals surface area contributed by atoms with Gasteiger partial charge in [0.15, 0.2) is 28.3 Å². The number of para-hydroxylation sites is 1. The van der Waals surface area contributed by atoms with Gasteiger partial charge >= 0.3 is 0 Å². The molecule has 0 saturated carbocycles. The Balaban J connectivity index is 1.72. The Kier molecular flexibility index (Phi) is 8.78. The first kappa shape index (κ1) is 25.4. The summed E-state index contributed by atoms with van der Waals surface area (Å²) in [6.07, 6.45) is 0. The van der Waals surface area contributed by atoms with Gasteiger partial charge in [0.2, 0.25) is 5.91 Å². The van der Waals surface area contributed by atoms with E-state index in [1.54, 1.807) is 56.5 Å². The van der Waals surface area contributed by atoms with Crippen LogP contribution in [0.4, 0.5) is 10.1 Å². The molecule has 1 amide bonds. The van der Waals surface area contributed by atoms with Gasteiger partial charge in [-0.05, 0) is 57.2 Å². The van der Waals surface area contributed by atoms with E-state index in [-0.39, 0.29) is 30.1 Å². The number of benzene rings is 2. The van der Waals surface area contributed by atoms with E-state index in [0.717, 1.165) is 0 Å². The molecular weight excluding hydrogens is 459 g/mol. The third-order valence-electron chi connectivity index (χ3n) is 4.99. The monoisotopic (exact) mass is 486 g/mol. The number of carbonyl (C=O) groups excluding carboxylic acids is 2. The standard InChI is InChI=1S/C24H27FN4O4S/c1-15(13-32-4)29-22(14-33-21-8-6-5-7-20(21)25)27-28-24(29)34-17(3)23(31)26-19-11-9-18(10-12-19)16(2)30/h5-12,15,17H,13-14H2,1-4H3,(H,26,31)/t15-,17+/m1/s1. The van der Waals surface area contributed by atoms with E-state index in [4.69, 9.17) is 9.47 Å². The van der Waals surface area contributed by atoms with Gasteiger partial charge in [0.25, 0.3) is 0 Å². The first-order chi connectivity index (χ1) is 16.3. The smallest absolute Gasteiger partial charge is 0.237 e. The minimum absolute atomic E-state index is 0.00558. The molecule has 2 atom stereocenters. The summed E-state index contributed by atoms with van der Waals surface area (Å²) in [5.41, 5.74) is 1.17. The summed E-state index contributed by atoms with van der Waals surface area (Å²) in [6, 6.07) is 12.7. The molecule has 180 valence electrons. The van der Waals surface area contributed by atoms with Gasteiger partial charge in [-0.3, -0.25) is 14.2 Å². The molecule has 0 bridgehead atoms. The molecular formula is C24H27FN4O4S. The predicted octanol–water partition coefficient (Wildman–Crippen LogP) is 4.53. The number of ether oxygens (including phenoxy) is 2. The average molecular weight is 487 g/mol. The molecule has 8 nitrogen and oxygen atoms in total. The van der Waals surface area contributed by atoms with Crippen LogP contribution in [0.25, 0.3) is 0 Å². The Morgan fingerprint density at radius 2 is 1.82 bits per heavy atom. The van der Waals surface area contributed by atoms with Crippen LogP contribution in [0.15, 0.2) is 53.7 Å². The zero-order valence-corrected chi connectivity index (χ0v) is 20.3. The van der Waals surface area contributed by atoms with Crippen molar-refractivity contribution in [1.82, 2.24) is 14.8 Å². The van der Waals surface area contributed by atoms with Crippen molar-refractivity contribution < 1.29 is 23.5 Å².